The van der Waals surface area contributed by atoms with Crippen LogP contribution in [0.1, 0.15) is 39.5 Å². The summed E-state index contributed by atoms with van der Waals surface area (Å²) in [5, 5.41) is 12.6. The minimum absolute atomic E-state index is 0.0876. The first-order valence-corrected chi connectivity index (χ1v) is 11.0. The predicted octanol–water partition coefficient (Wildman–Crippen LogP) is 4.51. The third kappa shape index (κ3) is 4.68. The highest BCUT2D eigenvalue weighted by Crippen LogP contribution is 2.26. The molecule has 0 bridgehead atoms. The quantitative estimate of drug-likeness (QED) is 0.676. The molecule has 1 aromatic heterocycles. The topological polar surface area (TPSA) is 59.8 Å². The number of thioether (sulfide) groups is 1. The highest BCUT2D eigenvalue weighted by atomic mass is 79.9. The van der Waals surface area contributed by atoms with Crippen molar-refractivity contribution in [3.8, 4) is 11.4 Å². The van der Waals surface area contributed by atoms with Crippen LogP contribution in [0, 0.1) is 5.92 Å². The van der Waals surface area contributed by atoms with Crippen molar-refractivity contribution in [2.75, 3.05) is 5.75 Å². The van der Waals surface area contributed by atoms with E-state index in [1.807, 2.05) is 24.3 Å². The molecule has 140 valence electrons. The minimum atomic E-state index is 0.0876. The summed E-state index contributed by atoms with van der Waals surface area (Å²) in [6.07, 6.45) is 4.79. The number of nitrogens with one attached hydrogen (secondary N) is 1. The van der Waals surface area contributed by atoms with Crippen molar-refractivity contribution < 1.29 is 4.79 Å². The normalized spacial score (nSPS) is 20.1. The van der Waals surface area contributed by atoms with Crippen molar-refractivity contribution >= 4 is 33.6 Å². The Morgan fingerprint density at radius 1 is 1.27 bits per heavy atom. The number of hydrogen-bond donors (Lipinski definition) is 1. The van der Waals surface area contributed by atoms with Crippen LogP contribution in [0.25, 0.3) is 11.4 Å². The lowest BCUT2D eigenvalue weighted by Crippen LogP contribution is -2.41. The SMILES string of the molecule is CCn1c(SCC(=O)N[C@H]2CCCC[C@@H]2C)nnc1-c1ccc(Br)cc1. The Morgan fingerprint density at radius 2 is 2.00 bits per heavy atom. The van der Waals surface area contributed by atoms with Gasteiger partial charge < -0.3 is 9.88 Å². The van der Waals surface area contributed by atoms with Gasteiger partial charge in [0, 0.05) is 22.6 Å². The Labute approximate surface area is 167 Å². The molecule has 1 aliphatic carbocycles. The predicted molar refractivity (Wildman–Crippen MR) is 109 cm³/mol. The van der Waals surface area contributed by atoms with Gasteiger partial charge in [0.25, 0.3) is 0 Å². The zero-order chi connectivity index (χ0) is 18.5. The van der Waals surface area contributed by atoms with Crippen molar-refractivity contribution in [3.05, 3.63) is 28.7 Å². The lowest BCUT2D eigenvalue weighted by atomic mass is 9.86. The summed E-state index contributed by atoms with van der Waals surface area (Å²) in [5.41, 5.74) is 1.02. The maximum Gasteiger partial charge on any atom is 0.230 e. The molecule has 1 amide bonds. The molecular weight excluding hydrogens is 412 g/mol. The van der Waals surface area contributed by atoms with Gasteiger partial charge in [-0.25, -0.2) is 0 Å². The minimum Gasteiger partial charge on any atom is -0.352 e. The molecule has 1 saturated carbocycles. The van der Waals surface area contributed by atoms with E-state index in [-0.39, 0.29) is 5.91 Å². The lowest BCUT2D eigenvalue weighted by Gasteiger charge is -2.29. The van der Waals surface area contributed by atoms with Crippen LogP contribution < -0.4 is 5.32 Å². The largest absolute Gasteiger partial charge is 0.352 e. The average molecular weight is 437 g/mol. The summed E-state index contributed by atoms with van der Waals surface area (Å²) in [6, 6.07) is 8.35. The molecule has 0 radical (unpaired) electrons. The number of amides is 1. The Hall–Kier alpha value is -1.34. The molecule has 1 fully saturated rings. The third-order valence-corrected chi connectivity index (χ3v) is 6.42. The van der Waals surface area contributed by atoms with E-state index >= 15 is 0 Å². The first kappa shape index (κ1) is 19.4. The number of hydrogen-bond acceptors (Lipinski definition) is 4. The number of halogens is 1. The third-order valence-electron chi connectivity index (χ3n) is 4.93. The number of carbonyl (C=O) groups is 1. The van der Waals surface area contributed by atoms with Crippen LogP contribution in [0.4, 0.5) is 0 Å². The number of benzene rings is 1. The van der Waals surface area contributed by atoms with E-state index in [1.165, 1.54) is 31.0 Å². The summed E-state index contributed by atoms with van der Waals surface area (Å²) in [6.45, 7) is 5.07. The van der Waals surface area contributed by atoms with Gasteiger partial charge in [0.1, 0.15) is 0 Å². The van der Waals surface area contributed by atoms with Crippen LogP contribution in [-0.4, -0.2) is 32.5 Å². The standard InChI is InChI=1S/C19H25BrN4OS/c1-3-24-18(14-8-10-15(20)11-9-14)22-23-19(24)26-12-17(25)21-16-7-5-4-6-13(16)2/h8-11,13,16H,3-7,12H2,1-2H3,(H,21,25)/t13-,16-/m0/s1. The lowest BCUT2D eigenvalue weighted by molar-refractivity contribution is -0.119. The van der Waals surface area contributed by atoms with Gasteiger partial charge in [-0.1, -0.05) is 59.6 Å². The Kier molecular flexibility index (Phi) is 6.75. The average Bonchev–Trinajstić information content (AvgIpc) is 3.05. The molecule has 0 aliphatic heterocycles. The molecule has 3 rings (SSSR count). The molecule has 1 aliphatic rings. The number of carbonyl (C=O) groups excluding carboxylic acids is 1. The molecule has 1 heterocycles. The highest BCUT2D eigenvalue weighted by Gasteiger charge is 2.23. The summed E-state index contributed by atoms with van der Waals surface area (Å²) >= 11 is 4.91. The van der Waals surface area contributed by atoms with E-state index in [0.29, 0.717) is 17.7 Å². The van der Waals surface area contributed by atoms with Crippen molar-refractivity contribution in [1.82, 2.24) is 20.1 Å². The van der Waals surface area contributed by atoms with E-state index in [2.05, 4.69) is 49.9 Å². The van der Waals surface area contributed by atoms with Crippen molar-refractivity contribution in [2.24, 2.45) is 5.92 Å². The highest BCUT2D eigenvalue weighted by molar-refractivity contribution is 9.10. The second-order valence-electron chi connectivity index (χ2n) is 6.78. The molecule has 2 atom stereocenters. The van der Waals surface area contributed by atoms with Crippen LogP contribution >= 0.6 is 27.7 Å². The number of aromatic nitrogens is 3. The first-order valence-electron chi connectivity index (χ1n) is 9.19. The smallest absolute Gasteiger partial charge is 0.230 e. The van der Waals surface area contributed by atoms with E-state index in [0.717, 1.165) is 34.0 Å². The van der Waals surface area contributed by atoms with E-state index in [4.69, 9.17) is 0 Å². The summed E-state index contributed by atoms with van der Waals surface area (Å²) in [7, 11) is 0. The van der Waals surface area contributed by atoms with E-state index in [1.54, 1.807) is 0 Å². The van der Waals surface area contributed by atoms with E-state index in [9.17, 15) is 4.79 Å². The second-order valence-corrected chi connectivity index (χ2v) is 8.64. The molecule has 2 aromatic rings. The zero-order valence-electron chi connectivity index (χ0n) is 15.2. The van der Waals surface area contributed by atoms with Crippen LogP contribution in [-0.2, 0) is 11.3 Å². The fourth-order valence-electron chi connectivity index (χ4n) is 3.40. The molecule has 0 saturated heterocycles. The Balaban J connectivity index is 1.63. The van der Waals surface area contributed by atoms with Crippen LogP contribution in [0.15, 0.2) is 33.9 Å². The Bertz CT molecular complexity index is 746. The fraction of sp³-hybridized carbons (Fsp3) is 0.526. The Morgan fingerprint density at radius 3 is 2.69 bits per heavy atom. The molecule has 1 N–H and O–H groups in total. The molecular formula is C19H25BrN4OS. The van der Waals surface area contributed by atoms with Gasteiger partial charge in [-0.2, -0.15) is 0 Å². The molecule has 1 aromatic carbocycles. The van der Waals surface area contributed by atoms with Gasteiger partial charge >= 0.3 is 0 Å². The van der Waals surface area contributed by atoms with Gasteiger partial charge in [-0.15, -0.1) is 10.2 Å². The summed E-state index contributed by atoms with van der Waals surface area (Å²) < 4.78 is 3.09. The van der Waals surface area contributed by atoms with Crippen LogP contribution in [0.5, 0.6) is 0 Å². The summed E-state index contributed by atoms with van der Waals surface area (Å²) in [5.74, 6) is 1.87. The summed E-state index contributed by atoms with van der Waals surface area (Å²) in [4.78, 5) is 12.3. The second kappa shape index (κ2) is 9.04. The van der Waals surface area contributed by atoms with Gasteiger partial charge in [-0.05, 0) is 37.8 Å². The van der Waals surface area contributed by atoms with Gasteiger partial charge in [0.15, 0.2) is 11.0 Å². The maximum absolute atomic E-state index is 12.3. The van der Waals surface area contributed by atoms with Gasteiger partial charge in [-0.3, -0.25) is 4.79 Å². The van der Waals surface area contributed by atoms with Gasteiger partial charge in [0.05, 0.1) is 5.75 Å². The monoisotopic (exact) mass is 436 g/mol. The van der Waals surface area contributed by atoms with Gasteiger partial charge in [0.2, 0.25) is 5.91 Å². The fourth-order valence-corrected chi connectivity index (χ4v) is 4.48. The van der Waals surface area contributed by atoms with Crippen molar-refractivity contribution in [2.45, 2.75) is 57.3 Å². The number of rotatable bonds is 6. The number of nitrogens with zero attached hydrogens (tertiary/aromatic N) is 3. The zero-order valence-corrected chi connectivity index (χ0v) is 17.6. The molecule has 0 spiro atoms. The first-order chi connectivity index (χ1) is 12.6. The van der Waals surface area contributed by atoms with Crippen LogP contribution in [0.3, 0.4) is 0 Å². The molecule has 7 heteroatoms. The van der Waals surface area contributed by atoms with E-state index < -0.39 is 0 Å². The van der Waals surface area contributed by atoms with Crippen molar-refractivity contribution in [3.63, 3.8) is 0 Å². The van der Waals surface area contributed by atoms with Crippen molar-refractivity contribution in [1.29, 1.82) is 0 Å². The molecule has 0 unspecified atom stereocenters. The molecule has 26 heavy (non-hydrogen) atoms. The van der Waals surface area contributed by atoms with Crippen LogP contribution in [0.2, 0.25) is 0 Å². The maximum atomic E-state index is 12.3. The molecule has 5 nitrogen and oxygen atoms in total.